The molecule has 0 spiro atoms. The first-order valence-electron chi connectivity index (χ1n) is 6.19. The SMILES string of the molecule is CCC1(CC)C[C@@H](O)c2cc(OC)ccc2O1. The van der Waals surface area contributed by atoms with Crippen molar-refractivity contribution < 1.29 is 14.6 Å². The molecular formula is C14H20O3. The molecule has 0 saturated heterocycles. The van der Waals surface area contributed by atoms with Crippen molar-refractivity contribution in [3.8, 4) is 11.5 Å². The highest BCUT2D eigenvalue weighted by molar-refractivity contribution is 5.43. The minimum absolute atomic E-state index is 0.221. The fourth-order valence-electron chi connectivity index (χ4n) is 2.43. The maximum atomic E-state index is 10.2. The van der Waals surface area contributed by atoms with Crippen LogP contribution in [0.4, 0.5) is 0 Å². The third-order valence-electron chi connectivity index (χ3n) is 3.76. The third-order valence-corrected chi connectivity index (χ3v) is 3.76. The Kier molecular flexibility index (Phi) is 3.29. The second kappa shape index (κ2) is 4.57. The zero-order chi connectivity index (χ0) is 12.5. The number of aliphatic hydroxyl groups is 1. The van der Waals surface area contributed by atoms with Crippen LogP contribution in [-0.2, 0) is 0 Å². The van der Waals surface area contributed by atoms with E-state index < -0.39 is 6.10 Å². The van der Waals surface area contributed by atoms with Gasteiger partial charge in [-0.1, -0.05) is 13.8 Å². The van der Waals surface area contributed by atoms with E-state index in [1.807, 2.05) is 18.2 Å². The van der Waals surface area contributed by atoms with E-state index in [1.165, 1.54) is 0 Å². The normalized spacial score (nSPS) is 21.5. The van der Waals surface area contributed by atoms with Gasteiger partial charge < -0.3 is 14.6 Å². The van der Waals surface area contributed by atoms with Crippen molar-refractivity contribution in [2.45, 2.75) is 44.8 Å². The van der Waals surface area contributed by atoms with Gasteiger partial charge in [0.2, 0.25) is 0 Å². The average Bonchev–Trinajstić information content (AvgIpc) is 2.38. The van der Waals surface area contributed by atoms with Gasteiger partial charge in [-0.3, -0.25) is 0 Å². The molecule has 2 rings (SSSR count). The molecule has 0 amide bonds. The van der Waals surface area contributed by atoms with Crippen LogP contribution >= 0.6 is 0 Å². The Morgan fingerprint density at radius 1 is 1.41 bits per heavy atom. The first-order chi connectivity index (χ1) is 8.14. The molecule has 3 heteroatoms. The number of benzene rings is 1. The van der Waals surface area contributed by atoms with Gasteiger partial charge in [-0.25, -0.2) is 0 Å². The molecule has 3 nitrogen and oxygen atoms in total. The van der Waals surface area contributed by atoms with Gasteiger partial charge in [-0.05, 0) is 31.0 Å². The molecule has 0 bridgehead atoms. The summed E-state index contributed by atoms with van der Waals surface area (Å²) in [7, 11) is 1.63. The van der Waals surface area contributed by atoms with Crippen LogP contribution in [0.3, 0.4) is 0 Å². The summed E-state index contributed by atoms with van der Waals surface area (Å²) in [6.45, 7) is 4.20. The summed E-state index contributed by atoms with van der Waals surface area (Å²) in [5.74, 6) is 1.54. The van der Waals surface area contributed by atoms with Crippen LogP contribution in [-0.4, -0.2) is 17.8 Å². The van der Waals surface area contributed by atoms with Gasteiger partial charge in [-0.2, -0.15) is 0 Å². The maximum Gasteiger partial charge on any atom is 0.126 e. The van der Waals surface area contributed by atoms with Crippen molar-refractivity contribution in [2.75, 3.05) is 7.11 Å². The molecule has 1 aromatic rings. The Morgan fingerprint density at radius 2 is 2.12 bits per heavy atom. The van der Waals surface area contributed by atoms with E-state index in [0.717, 1.165) is 29.9 Å². The van der Waals surface area contributed by atoms with E-state index in [1.54, 1.807) is 7.11 Å². The lowest BCUT2D eigenvalue weighted by Crippen LogP contribution is -2.39. The van der Waals surface area contributed by atoms with Crippen molar-refractivity contribution in [1.29, 1.82) is 0 Å². The Hall–Kier alpha value is -1.22. The number of methoxy groups -OCH3 is 1. The van der Waals surface area contributed by atoms with Crippen LogP contribution in [0.1, 0.15) is 44.8 Å². The quantitative estimate of drug-likeness (QED) is 0.876. The van der Waals surface area contributed by atoms with Crippen LogP contribution in [0.15, 0.2) is 18.2 Å². The van der Waals surface area contributed by atoms with Gasteiger partial charge in [0.15, 0.2) is 0 Å². The molecule has 0 aromatic heterocycles. The molecule has 1 aromatic carbocycles. The molecule has 1 heterocycles. The lowest BCUT2D eigenvalue weighted by atomic mass is 9.85. The fraction of sp³-hybridized carbons (Fsp3) is 0.571. The molecule has 0 fully saturated rings. The molecule has 17 heavy (non-hydrogen) atoms. The molecule has 1 aliphatic heterocycles. The van der Waals surface area contributed by atoms with E-state index in [9.17, 15) is 5.11 Å². The van der Waals surface area contributed by atoms with Crippen LogP contribution in [0.2, 0.25) is 0 Å². The summed E-state index contributed by atoms with van der Waals surface area (Å²) in [5, 5.41) is 10.2. The summed E-state index contributed by atoms with van der Waals surface area (Å²) in [5.41, 5.74) is 0.614. The van der Waals surface area contributed by atoms with Crippen LogP contribution in [0.25, 0.3) is 0 Å². The minimum Gasteiger partial charge on any atom is -0.497 e. The van der Waals surface area contributed by atoms with Crippen molar-refractivity contribution in [3.63, 3.8) is 0 Å². The summed E-state index contributed by atoms with van der Waals surface area (Å²) in [6.07, 6.45) is 2.01. The van der Waals surface area contributed by atoms with Crippen molar-refractivity contribution in [2.24, 2.45) is 0 Å². The molecular weight excluding hydrogens is 216 g/mol. The van der Waals surface area contributed by atoms with Crippen LogP contribution in [0.5, 0.6) is 11.5 Å². The van der Waals surface area contributed by atoms with E-state index in [4.69, 9.17) is 9.47 Å². The first-order valence-corrected chi connectivity index (χ1v) is 6.19. The van der Waals surface area contributed by atoms with Crippen molar-refractivity contribution in [3.05, 3.63) is 23.8 Å². The Balaban J connectivity index is 2.37. The largest absolute Gasteiger partial charge is 0.497 e. The van der Waals surface area contributed by atoms with E-state index in [2.05, 4.69) is 13.8 Å². The van der Waals surface area contributed by atoms with Crippen LogP contribution in [0, 0.1) is 0 Å². The summed E-state index contributed by atoms with van der Waals surface area (Å²) in [4.78, 5) is 0. The van der Waals surface area contributed by atoms with E-state index in [0.29, 0.717) is 6.42 Å². The highest BCUT2D eigenvalue weighted by Crippen LogP contribution is 2.43. The van der Waals surface area contributed by atoms with E-state index in [-0.39, 0.29) is 5.60 Å². The zero-order valence-corrected chi connectivity index (χ0v) is 10.7. The van der Waals surface area contributed by atoms with Crippen LogP contribution < -0.4 is 9.47 Å². The van der Waals surface area contributed by atoms with Gasteiger partial charge in [0, 0.05) is 12.0 Å². The second-order valence-corrected chi connectivity index (χ2v) is 4.62. The highest BCUT2D eigenvalue weighted by atomic mass is 16.5. The predicted octanol–water partition coefficient (Wildman–Crippen LogP) is 3.07. The highest BCUT2D eigenvalue weighted by Gasteiger charge is 2.37. The van der Waals surface area contributed by atoms with Crippen molar-refractivity contribution in [1.82, 2.24) is 0 Å². The molecule has 1 N–H and O–H groups in total. The molecule has 0 radical (unpaired) electrons. The summed E-state index contributed by atoms with van der Waals surface area (Å²) >= 11 is 0. The number of hydrogen-bond acceptors (Lipinski definition) is 3. The first kappa shape index (κ1) is 12.2. The van der Waals surface area contributed by atoms with Gasteiger partial charge >= 0.3 is 0 Å². The molecule has 1 aliphatic rings. The van der Waals surface area contributed by atoms with Gasteiger partial charge in [0.1, 0.15) is 17.1 Å². The monoisotopic (exact) mass is 236 g/mol. The number of rotatable bonds is 3. The maximum absolute atomic E-state index is 10.2. The Morgan fingerprint density at radius 3 is 2.71 bits per heavy atom. The lowest BCUT2D eigenvalue weighted by Gasteiger charge is -2.39. The molecule has 0 unspecified atom stereocenters. The molecule has 94 valence electrons. The van der Waals surface area contributed by atoms with E-state index >= 15 is 0 Å². The smallest absolute Gasteiger partial charge is 0.126 e. The molecule has 0 saturated carbocycles. The number of hydrogen-bond donors (Lipinski definition) is 1. The Bertz CT molecular complexity index is 396. The topological polar surface area (TPSA) is 38.7 Å². The number of aliphatic hydroxyl groups excluding tert-OH is 1. The summed E-state index contributed by atoms with van der Waals surface area (Å²) in [6, 6.07) is 5.61. The van der Waals surface area contributed by atoms with Gasteiger partial charge in [0.25, 0.3) is 0 Å². The molecule has 0 aliphatic carbocycles. The zero-order valence-electron chi connectivity index (χ0n) is 10.7. The lowest BCUT2D eigenvalue weighted by molar-refractivity contribution is -0.0197. The second-order valence-electron chi connectivity index (χ2n) is 4.62. The predicted molar refractivity (Wildman–Crippen MR) is 66.5 cm³/mol. The number of ether oxygens (including phenoxy) is 2. The summed E-state index contributed by atoms with van der Waals surface area (Å²) < 4.78 is 11.2. The Labute approximate surface area is 102 Å². The minimum atomic E-state index is -0.464. The van der Waals surface area contributed by atoms with Crippen molar-refractivity contribution >= 4 is 0 Å². The molecule has 1 atom stereocenters. The fourth-order valence-corrected chi connectivity index (χ4v) is 2.43. The number of fused-ring (bicyclic) bond motifs is 1. The average molecular weight is 236 g/mol. The van der Waals surface area contributed by atoms with Gasteiger partial charge in [0.05, 0.1) is 13.2 Å². The van der Waals surface area contributed by atoms with Gasteiger partial charge in [-0.15, -0.1) is 0 Å². The standard InChI is InChI=1S/C14H20O3/c1-4-14(5-2)9-12(15)11-8-10(16-3)6-7-13(11)17-14/h6-8,12,15H,4-5,9H2,1-3H3/t12-/m1/s1. The third kappa shape index (κ3) is 2.12.